The first-order valence-corrected chi connectivity index (χ1v) is 6.70. The van der Waals surface area contributed by atoms with E-state index in [4.69, 9.17) is 9.47 Å². The molecular weight excluding hydrogens is 242 g/mol. The molecule has 1 aromatic rings. The summed E-state index contributed by atoms with van der Waals surface area (Å²) in [5.74, 6) is 0. The fraction of sp³-hybridized carbons (Fsp3) is 0.533. The minimum Gasteiger partial charge on any atom is -0.445 e. The van der Waals surface area contributed by atoms with Crippen molar-refractivity contribution in [3.8, 4) is 0 Å². The van der Waals surface area contributed by atoms with Crippen molar-refractivity contribution >= 4 is 6.09 Å². The Labute approximate surface area is 114 Å². The van der Waals surface area contributed by atoms with E-state index >= 15 is 0 Å². The average molecular weight is 263 g/mol. The fourth-order valence-electron chi connectivity index (χ4n) is 2.10. The molecule has 4 nitrogen and oxygen atoms in total. The normalized spacial score (nSPS) is 17.7. The van der Waals surface area contributed by atoms with Crippen LogP contribution in [0, 0.1) is 5.41 Å². The number of hydrogen-bond donors (Lipinski definition) is 1. The molecule has 1 aliphatic rings. The monoisotopic (exact) mass is 263 g/mol. The van der Waals surface area contributed by atoms with Gasteiger partial charge in [-0.15, -0.1) is 0 Å². The van der Waals surface area contributed by atoms with E-state index < -0.39 is 0 Å². The molecule has 1 aliphatic heterocycles. The lowest BCUT2D eigenvalue weighted by atomic mass is 9.82. The summed E-state index contributed by atoms with van der Waals surface area (Å²) in [6.45, 7) is 4.68. The van der Waals surface area contributed by atoms with Gasteiger partial charge in [-0.05, 0) is 23.8 Å². The van der Waals surface area contributed by atoms with E-state index in [-0.39, 0.29) is 11.5 Å². The van der Waals surface area contributed by atoms with Crippen LogP contribution < -0.4 is 5.32 Å². The van der Waals surface area contributed by atoms with E-state index in [9.17, 15) is 4.79 Å². The SMILES string of the molecule is CC1(CNC(=O)OCc2ccccc2)CCOCC1. The Morgan fingerprint density at radius 3 is 2.68 bits per heavy atom. The van der Waals surface area contributed by atoms with E-state index in [1.54, 1.807) is 0 Å². The second-order valence-electron chi connectivity index (χ2n) is 5.34. The zero-order valence-corrected chi connectivity index (χ0v) is 11.4. The van der Waals surface area contributed by atoms with Crippen LogP contribution in [0.2, 0.25) is 0 Å². The van der Waals surface area contributed by atoms with Crippen molar-refractivity contribution in [1.82, 2.24) is 5.32 Å². The maximum Gasteiger partial charge on any atom is 0.407 e. The predicted molar refractivity (Wildman–Crippen MR) is 72.8 cm³/mol. The number of benzene rings is 1. The molecule has 0 saturated carbocycles. The van der Waals surface area contributed by atoms with Gasteiger partial charge >= 0.3 is 6.09 Å². The topological polar surface area (TPSA) is 47.6 Å². The van der Waals surface area contributed by atoms with Gasteiger partial charge in [0, 0.05) is 19.8 Å². The van der Waals surface area contributed by atoms with Crippen LogP contribution in [-0.4, -0.2) is 25.9 Å². The maximum absolute atomic E-state index is 11.6. The van der Waals surface area contributed by atoms with Crippen molar-refractivity contribution in [2.75, 3.05) is 19.8 Å². The van der Waals surface area contributed by atoms with Crippen molar-refractivity contribution in [2.45, 2.75) is 26.4 Å². The molecule has 0 bridgehead atoms. The van der Waals surface area contributed by atoms with Gasteiger partial charge in [-0.3, -0.25) is 0 Å². The molecule has 0 atom stereocenters. The summed E-state index contributed by atoms with van der Waals surface area (Å²) in [5.41, 5.74) is 1.12. The summed E-state index contributed by atoms with van der Waals surface area (Å²) in [6.07, 6.45) is 1.61. The number of rotatable bonds is 4. The first-order valence-electron chi connectivity index (χ1n) is 6.70. The molecule has 4 heteroatoms. The minimum absolute atomic E-state index is 0.129. The number of carbonyl (C=O) groups is 1. The lowest BCUT2D eigenvalue weighted by Gasteiger charge is -2.33. The van der Waals surface area contributed by atoms with E-state index in [2.05, 4.69) is 12.2 Å². The van der Waals surface area contributed by atoms with Gasteiger partial charge in [0.05, 0.1) is 0 Å². The number of ether oxygens (including phenoxy) is 2. The molecule has 0 aliphatic carbocycles. The largest absolute Gasteiger partial charge is 0.445 e. The Balaban J connectivity index is 1.70. The fourth-order valence-corrected chi connectivity index (χ4v) is 2.10. The number of alkyl carbamates (subject to hydrolysis) is 1. The van der Waals surface area contributed by atoms with Crippen molar-refractivity contribution < 1.29 is 14.3 Å². The number of carbonyl (C=O) groups excluding carboxylic acids is 1. The lowest BCUT2D eigenvalue weighted by Crippen LogP contribution is -2.39. The second-order valence-corrected chi connectivity index (χ2v) is 5.34. The van der Waals surface area contributed by atoms with Crippen LogP contribution in [0.1, 0.15) is 25.3 Å². The first-order chi connectivity index (χ1) is 9.18. The summed E-state index contributed by atoms with van der Waals surface area (Å²) in [4.78, 5) is 11.6. The van der Waals surface area contributed by atoms with Crippen LogP contribution in [-0.2, 0) is 16.1 Å². The zero-order valence-electron chi connectivity index (χ0n) is 11.4. The molecule has 0 spiro atoms. The van der Waals surface area contributed by atoms with Crippen LogP contribution in [0.15, 0.2) is 30.3 Å². The molecular formula is C15H21NO3. The van der Waals surface area contributed by atoms with Crippen molar-refractivity contribution in [2.24, 2.45) is 5.41 Å². The third-order valence-electron chi connectivity index (χ3n) is 3.57. The molecule has 104 valence electrons. The highest BCUT2D eigenvalue weighted by Gasteiger charge is 2.27. The zero-order chi connectivity index (χ0) is 13.6. The van der Waals surface area contributed by atoms with Gasteiger partial charge in [-0.25, -0.2) is 4.79 Å². The van der Waals surface area contributed by atoms with E-state index in [1.165, 1.54) is 0 Å². The summed E-state index contributed by atoms with van der Waals surface area (Å²) in [6, 6.07) is 9.68. The number of hydrogen-bond acceptors (Lipinski definition) is 3. The Bertz CT molecular complexity index is 399. The Kier molecular flexibility index (Phi) is 4.80. The smallest absolute Gasteiger partial charge is 0.407 e. The molecule has 2 rings (SSSR count). The van der Waals surface area contributed by atoms with Gasteiger partial charge in [0.25, 0.3) is 0 Å². The van der Waals surface area contributed by atoms with Crippen molar-refractivity contribution in [3.63, 3.8) is 0 Å². The van der Waals surface area contributed by atoms with Gasteiger partial charge in [0.1, 0.15) is 6.61 Å². The van der Waals surface area contributed by atoms with Crippen LogP contribution in [0.5, 0.6) is 0 Å². The third kappa shape index (κ3) is 4.56. The highest BCUT2D eigenvalue weighted by Crippen LogP contribution is 2.28. The molecule has 1 aromatic carbocycles. The second kappa shape index (κ2) is 6.57. The molecule has 1 amide bonds. The first kappa shape index (κ1) is 13.9. The van der Waals surface area contributed by atoms with Gasteiger partial charge in [0.15, 0.2) is 0 Å². The van der Waals surface area contributed by atoms with Crippen molar-refractivity contribution in [3.05, 3.63) is 35.9 Å². The number of amides is 1. The highest BCUT2D eigenvalue weighted by atomic mass is 16.5. The quantitative estimate of drug-likeness (QED) is 0.908. The lowest BCUT2D eigenvalue weighted by molar-refractivity contribution is 0.0233. The Morgan fingerprint density at radius 1 is 1.32 bits per heavy atom. The summed E-state index contributed by atoms with van der Waals surface area (Å²) in [7, 11) is 0. The Morgan fingerprint density at radius 2 is 2.00 bits per heavy atom. The summed E-state index contributed by atoms with van der Waals surface area (Å²) < 4.78 is 10.5. The number of nitrogens with one attached hydrogen (secondary N) is 1. The van der Waals surface area contributed by atoms with Crippen molar-refractivity contribution in [1.29, 1.82) is 0 Å². The van der Waals surface area contributed by atoms with Crippen LogP contribution in [0.25, 0.3) is 0 Å². The van der Waals surface area contributed by atoms with Gasteiger partial charge in [0.2, 0.25) is 0 Å². The summed E-state index contributed by atoms with van der Waals surface area (Å²) in [5, 5.41) is 2.85. The van der Waals surface area contributed by atoms with Gasteiger partial charge in [-0.2, -0.15) is 0 Å². The van der Waals surface area contributed by atoms with Crippen LogP contribution in [0.4, 0.5) is 4.79 Å². The predicted octanol–water partition coefficient (Wildman–Crippen LogP) is 2.73. The summed E-state index contributed by atoms with van der Waals surface area (Å²) >= 11 is 0. The average Bonchev–Trinajstić information content (AvgIpc) is 2.45. The van der Waals surface area contributed by atoms with E-state index in [0.717, 1.165) is 31.6 Å². The highest BCUT2D eigenvalue weighted by molar-refractivity contribution is 5.67. The van der Waals surface area contributed by atoms with Crippen LogP contribution in [0.3, 0.4) is 0 Å². The van der Waals surface area contributed by atoms with E-state index in [1.807, 2.05) is 30.3 Å². The molecule has 1 N–H and O–H groups in total. The third-order valence-corrected chi connectivity index (χ3v) is 3.57. The molecule has 0 unspecified atom stereocenters. The molecule has 19 heavy (non-hydrogen) atoms. The standard InChI is InChI=1S/C15H21NO3/c1-15(7-9-18-10-8-15)12-16-14(17)19-11-13-5-3-2-4-6-13/h2-6H,7-12H2,1H3,(H,16,17). The van der Waals surface area contributed by atoms with Crippen LogP contribution >= 0.6 is 0 Å². The molecule has 1 heterocycles. The molecule has 1 fully saturated rings. The van der Waals surface area contributed by atoms with E-state index in [0.29, 0.717) is 13.2 Å². The molecule has 1 saturated heterocycles. The molecule has 0 radical (unpaired) electrons. The Hall–Kier alpha value is -1.55. The maximum atomic E-state index is 11.6. The minimum atomic E-state index is -0.350. The van der Waals surface area contributed by atoms with Gasteiger partial charge in [-0.1, -0.05) is 37.3 Å². The van der Waals surface area contributed by atoms with Gasteiger partial charge < -0.3 is 14.8 Å². The molecule has 0 aromatic heterocycles.